The highest BCUT2D eigenvalue weighted by molar-refractivity contribution is 5.10. The summed E-state index contributed by atoms with van der Waals surface area (Å²) in [6.45, 7) is 4.13. The van der Waals surface area contributed by atoms with Crippen LogP contribution in [0.25, 0.3) is 0 Å². The molecule has 0 aliphatic rings. The van der Waals surface area contributed by atoms with Crippen LogP contribution in [0.15, 0.2) is 18.2 Å². The average molecular weight is 222 g/mol. The molecule has 0 atom stereocenters. The van der Waals surface area contributed by atoms with Gasteiger partial charge in [-0.2, -0.15) is 0 Å². The predicted octanol–water partition coefficient (Wildman–Crippen LogP) is 2.64. The molecule has 3 heteroatoms. The van der Waals surface area contributed by atoms with E-state index in [1.807, 2.05) is 18.2 Å². The molecule has 90 valence electrons. The molecule has 1 heterocycles. The molecule has 0 aliphatic heterocycles. The fraction of sp³-hybridized carbons (Fsp3) is 0.615. The molecule has 0 spiro atoms. The normalized spacial score (nSPS) is 10.6. The number of aromatic nitrogens is 1. The van der Waals surface area contributed by atoms with E-state index in [-0.39, 0.29) is 0 Å². The minimum absolute atomic E-state index is 0.490. The van der Waals surface area contributed by atoms with Crippen LogP contribution >= 0.6 is 0 Å². The highest BCUT2D eigenvalue weighted by atomic mass is 16.5. The molecule has 0 bridgehead atoms. The zero-order valence-corrected chi connectivity index (χ0v) is 10.1. The minimum atomic E-state index is 0.490. The van der Waals surface area contributed by atoms with Crippen LogP contribution in [0.3, 0.4) is 0 Å². The second kappa shape index (κ2) is 8.25. The maximum Gasteiger partial charge on any atom is 0.0887 e. The van der Waals surface area contributed by atoms with E-state index < -0.39 is 0 Å². The maximum atomic E-state index is 5.56. The molecule has 1 aromatic rings. The van der Waals surface area contributed by atoms with Crippen LogP contribution in [-0.2, 0) is 17.9 Å². The Bertz CT molecular complexity index is 289. The standard InChI is InChI=1S/C13H22N2O/c1-2-3-4-5-9-16-11-13-8-6-7-12(10-14)15-13/h6-8H,2-5,9-11,14H2,1H3. The quantitative estimate of drug-likeness (QED) is 0.688. The average Bonchev–Trinajstić information content (AvgIpc) is 2.34. The number of hydrogen-bond acceptors (Lipinski definition) is 3. The van der Waals surface area contributed by atoms with Gasteiger partial charge in [-0.1, -0.05) is 32.3 Å². The number of nitrogens with zero attached hydrogens (tertiary/aromatic N) is 1. The first-order chi connectivity index (χ1) is 7.86. The summed E-state index contributed by atoms with van der Waals surface area (Å²) in [4.78, 5) is 4.38. The number of ether oxygens (including phenoxy) is 1. The Morgan fingerprint density at radius 1 is 1.19 bits per heavy atom. The molecule has 16 heavy (non-hydrogen) atoms. The van der Waals surface area contributed by atoms with Gasteiger partial charge in [0.25, 0.3) is 0 Å². The van der Waals surface area contributed by atoms with Crippen molar-refractivity contribution in [3.05, 3.63) is 29.6 Å². The van der Waals surface area contributed by atoms with Gasteiger partial charge in [0.15, 0.2) is 0 Å². The van der Waals surface area contributed by atoms with Crippen LogP contribution in [-0.4, -0.2) is 11.6 Å². The maximum absolute atomic E-state index is 5.56. The third-order valence-electron chi connectivity index (χ3n) is 2.47. The molecule has 1 rings (SSSR count). The van der Waals surface area contributed by atoms with Gasteiger partial charge in [0.05, 0.1) is 18.0 Å². The summed E-state index contributed by atoms with van der Waals surface area (Å²) in [5.74, 6) is 0. The zero-order valence-electron chi connectivity index (χ0n) is 10.1. The van der Waals surface area contributed by atoms with Crippen LogP contribution in [0.1, 0.15) is 44.0 Å². The number of pyridine rings is 1. The van der Waals surface area contributed by atoms with Gasteiger partial charge in [-0.3, -0.25) is 4.98 Å². The van der Waals surface area contributed by atoms with E-state index in [1.54, 1.807) is 0 Å². The monoisotopic (exact) mass is 222 g/mol. The Labute approximate surface area is 98.0 Å². The summed E-state index contributed by atoms with van der Waals surface area (Å²) in [6, 6.07) is 5.89. The van der Waals surface area contributed by atoms with E-state index in [2.05, 4.69) is 11.9 Å². The molecular formula is C13H22N2O. The van der Waals surface area contributed by atoms with Crippen molar-refractivity contribution in [2.75, 3.05) is 6.61 Å². The van der Waals surface area contributed by atoms with Crippen molar-refractivity contribution in [1.29, 1.82) is 0 Å². The van der Waals surface area contributed by atoms with Gasteiger partial charge in [-0.05, 0) is 18.6 Å². The summed E-state index contributed by atoms with van der Waals surface area (Å²) in [7, 11) is 0. The summed E-state index contributed by atoms with van der Waals surface area (Å²) in [5.41, 5.74) is 7.42. The minimum Gasteiger partial charge on any atom is -0.375 e. The van der Waals surface area contributed by atoms with E-state index >= 15 is 0 Å². The van der Waals surface area contributed by atoms with Gasteiger partial charge >= 0.3 is 0 Å². The molecule has 1 aromatic heterocycles. The van der Waals surface area contributed by atoms with Gasteiger partial charge in [-0.15, -0.1) is 0 Å². The second-order valence-electron chi connectivity index (χ2n) is 3.94. The predicted molar refractivity (Wildman–Crippen MR) is 65.9 cm³/mol. The van der Waals surface area contributed by atoms with Gasteiger partial charge in [0.1, 0.15) is 0 Å². The van der Waals surface area contributed by atoms with Crippen molar-refractivity contribution in [3.8, 4) is 0 Å². The topological polar surface area (TPSA) is 48.1 Å². The fourth-order valence-electron chi connectivity index (χ4n) is 1.53. The SMILES string of the molecule is CCCCCCOCc1cccc(CN)n1. The van der Waals surface area contributed by atoms with Gasteiger partial charge in [-0.25, -0.2) is 0 Å². The molecule has 0 aromatic carbocycles. The summed E-state index contributed by atoms with van der Waals surface area (Å²) >= 11 is 0. The van der Waals surface area contributed by atoms with Crippen molar-refractivity contribution >= 4 is 0 Å². The molecule has 0 aliphatic carbocycles. The zero-order chi connectivity index (χ0) is 11.6. The van der Waals surface area contributed by atoms with Crippen molar-refractivity contribution in [2.24, 2.45) is 5.73 Å². The van der Waals surface area contributed by atoms with Gasteiger partial charge in [0.2, 0.25) is 0 Å². The number of nitrogens with two attached hydrogens (primary N) is 1. The molecule has 2 N–H and O–H groups in total. The third-order valence-corrected chi connectivity index (χ3v) is 2.47. The van der Waals surface area contributed by atoms with E-state index in [0.717, 1.165) is 24.4 Å². The lowest BCUT2D eigenvalue weighted by Crippen LogP contribution is -2.03. The van der Waals surface area contributed by atoms with E-state index in [9.17, 15) is 0 Å². The van der Waals surface area contributed by atoms with Crippen LogP contribution in [0, 0.1) is 0 Å². The molecule has 0 saturated carbocycles. The van der Waals surface area contributed by atoms with Crippen molar-refractivity contribution in [1.82, 2.24) is 4.98 Å². The molecule has 0 unspecified atom stereocenters. The largest absolute Gasteiger partial charge is 0.375 e. The van der Waals surface area contributed by atoms with Crippen LogP contribution < -0.4 is 5.73 Å². The van der Waals surface area contributed by atoms with E-state index in [0.29, 0.717) is 13.2 Å². The second-order valence-corrected chi connectivity index (χ2v) is 3.94. The molecular weight excluding hydrogens is 200 g/mol. The fourth-order valence-corrected chi connectivity index (χ4v) is 1.53. The molecule has 0 saturated heterocycles. The van der Waals surface area contributed by atoms with E-state index in [1.165, 1.54) is 19.3 Å². The van der Waals surface area contributed by atoms with Crippen LogP contribution in [0.2, 0.25) is 0 Å². The molecule has 0 fully saturated rings. The third kappa shape index (κ3) is 5.24. The Balaban J connectivity index is 2.16. The molecule has 0 amide bonds. The van der Waals surface area contributed by atoms with Crippen molar-refractivity contribution < 1.29 is 4.74 Å². The van der Waals surface area contributed by atoms with E-state index in [4.69, 9.17) is 10.5 Å². The first-order valence-corrected chi connectivity index (χ1v) is 6.09. The Hall–Kier alpha value is -0.930. The molecule has 3 nitrogen and oxygen atoms in total. The smallest absolute Gasteiger partial charge is 0.0887 e. The van der Waals surface area contributed by atoms with Gasteiger partial charge in [0, 0.05) is 13.2 Å². The Morgan fingerprint density at radius 2 is 2.00 bits per heavy atom. The lowest BCUT2D eigenvalue weighted by Gasteiger charge is -2.04. The number of unbranched alkanes of at least 4 members (excludes halogenated alkanes) is 3. The number of hydrogen-bond donors (Lipinski definition) is 1. The van der Waals surface area contributed by atoms with Crippen LogP contribution in [0.4, 0.5) is 0 Å². The lowest BCUT2D eigenvalue weighted by molar-refractivity contribution is 0.114. The van der Waals surface area contributed by atoms with Crippen LogP contribution in [0.5, 0.6) is 0 Å². The highest BCUT2D eigenvalue weighted by Gasteiger charge is 1.96. The Kier molecular flexibility index (Phi) is 6.77. The van der Waals surface area contributed by atoms with Gasteiger partial charge < -0.3 is 10.5 Å². The lowest BCUT2D eigenvalue weighted by atomic mass is 10.2. The first-order valence-electron chi connectivity index (χ1n) is 6.09. The highest BCUT2D eigenvalue weighted by Crippen LogP contribution is 2.03. The summed E-state index contributed by atoms with van der Waals surface area (Å²) in [6.07, 6.45) is 4.96. The number of rotatable bonds is 8. The summed E-state index contributed by atoms with van der Waals surface area (Å²) < 4.78 is 5.56. The Morgan fingerprint density at radius 3 is 2.75 bits per heavy atom. The molecule has 0 radical (unpaired) electrons. The van der Waals surface area contributed by atoms with Crippen molar-refractivity contribution in [3.63, 3.8) is 0 Å². The summed E-state index contributed by atoms with van der Waals surface area (Å²) in [5, 5.41) is 0. The van der Waals surface area contributed by atoms with Crippen molar-refractivity contribution in [2.45, 2.75) is 45.8 Å². The first kappa shape index (κ1) is 13.1.